The van der Waals surface area contributed by atoms with Crippen molar-refractivity contribution in [3.63, 3.8) is 0 Å². The van der Waals surface area contributed by atoms with E-state index in [0.29, 0.717) is 0 Å². The van der Waals surface area contributed by atoms with Crippen LogP contribution in [0.5, 0.6) is 0 Å². The predicted molar refractivity (Wildman–Crippen MR) is 72.5 cm³/mol. The molecule has 1 atom stereocenters. The van der Waals surface area contributed by atoms with Gasteiger partial charge in [-0.25, -0.2) is 8.42 Å². The SMILES string of the molecule is CCS(=O)(=O)C(Cl)(Br)C(=O)c1cccc(C)c1. The Morgan fingerprint density at radius 2 is 2.06 bits per heavy atom. The maximum absolute atomic E-state index is 12.1. The lowest BCUT2D eigenvalue weighted by Crippen LogP contribution is -2.36. The highest BCUT2D eigenvalue weighted by atomic mass is 79.9. The molecule has 94 valence electrons. The van der Waals surface area contributed by atoms with Crippen LogP contribution in [-0.4, -0.2) is 23.1 Å². The van der Waals surface area contributed by atoms with E-state index in [-0.39, 0.29) is 11.3 Å². The zero-order valence-electron chi connectivity index (χ0n) is 9.41. The molecule has 1 rings (SSSR count). The molecule has 0 aliphatic rings. The largest absolute Gasteiger partial charge is 0.290 e. The van der Waals surface area contributed by atoms with Gasteiger partial charge < -0.3 is 0 Å². The zero-order valence-corrected chi connectivity index (χ0v) is 12.6. The maximum Gasteiger partial charge on any atom is 0.261 e. The molecule has 0 aliphatic carbocycles. The zero-order chi connectivity index (χ0) is 13.3. The average molecular weight is 340 g/mol. The molecule has 1 aromatic carbocycles. The Balaban J connectivity index is 3.23. The number of ketones is 1. The molecule has 1 unspecified atom stereocenters. The molecule has 0 radical (unpaired) electrons. The quantitative estimate of drug-likeness (QED) is 0.626. The van der Waals surface area contributed by atoms with Crippen molar-refractivity contribution in [1.82, 2.24) is 0 Å². The summed E-state index contributed by atoms with van der Waals surface area (Å²) < 4.78 is 21.4. The first-order chi connectivity index (χ1) is 7.72. The molecule has 0 saturated heterocycles. The first kappa shape index (κ1) is 14.7. The summed E-state index contributed by atoms with van der Waals surface area (Å²) in [5, 5.41) is 0. The monoisotopic (exact) mass is 338 g/mol. The summed E-state index contributed by atoms with van der Waals surface area (Å²) in [4.78, 5) is 12.1. The van der Waals surface area contributed by atoms with Gasteiger partial charge in [0.1, 0.15) is 0 Å². The molecule has 0 aromatic heterocycles. The number of alkyl halides is 2. The van der Waals surface area contributed by atoms with Gasteiger partial charge in [0.05, 0.1) is 5.75 Å². The molecule has 0 N–H and O–H groups in total. The lowest BCUT2D eigenvalue weighted by molar-refractivity contribution is 0.1000. The van der Waals surface area contributed by atoms with Gasteiger partial charge in [0.25, 0.3) is 3.12 Å². The molecule has 6 heteroatoms. The van der Waals surface area contributed by atoms with Gasteiger partial charge >= 0.3 is 0 Å². The van der Waals surface area contributed by atoms with E-state index in [1.165, 1.54) is 6.92 Å². The second kappa shape index (κ2) is 5.08. The van der Waals surface area contributed by atoms with E-state index in [9.17, 15) is 13.2 Å². The van der Waals surface area contributed by atoms with Crippen LogP contribution >= 0.6 is 27.5 Å². The van der Waals surface area contributed by atoms with E-state index in [4.69, 9.17) is 11.6 Å². The summed E-state index contributed by atoms with van der Waals surface area (Å²) in [6.07, 6.45) is 0. The van der Waals surface area contributed by atoms with Crippen LogP contribution in [0.4, 0.5) is 0 Å². The highest BCUT2D eigenvalue weighted by Crippen LogP contribution is 2.35. The van der Waals surface area contributed by atoms with Crippen molar-refractivity contribution in [2.45, 2.75) is 17.0 Å². The van der Waals surface area contributed by atoms with E-state index >= 15 is 0 Å². The number of carbonyl (C=O) groups excluding carboxylic acids is 1. The highest BCUT2D eigenvalue weighted by molar-refractivity contribution is 9.12. The van der Waals surface area contributed by atoms with Crippen LogP contribution in [0, 0.1) is 6.92 Å². The van der Waals surface area contributed by atoms with Crippen LogP contribution in [0.15, 0.2) is 24.3 Å². The number of hydrogen-bond donors (Lipinski definition) is 0. The Labute approximate surface area is 114 Å². The molecule has 0 aliphatic heterocycles. The van der Waals surface area contributed by atoms with E-state index in [1.54, 1.807) is 18.2 Å². The normalized spacial score (nSPS) is 15.3. The number of sulfone groups is 1. The van der Waals surface area contributed by atoms with Crippen LogP contribution in [0.25, 0.3) is 0 Å². The second-order valence-electron chi connectivity index (χ2n) is 3.62. The van der Waals surface area contributed by atoms with E-state index in [2.05, 4.69) is 15.9 Å². The Morgan fingerprint density at radius 1 is 1.47 bits per heavy atom. The van der Waals surface area contributed by atoms with Crippen molar-refractivity contribution in [2.75, 3.05) is 5.75 Å². The van der Waals surface area contributed by atoms with Crippen LogP contribution in [0.2, 0.25) is 0 Å². The van der Waals surface area contributed by atoms with E-state index in [0.717, 1.165) is 5.56 Å². The van der Waals surface area contributed by atoms with Crippen molar-refractivity contribution < 1.29 is 13.2 Å². The van der Waals surface area contributed by atoms with Crippen molar-refractivity contribution in [2.24, 2.45) is 0 Å². The fourth-order valence-corrected chi connectivity index (χ4v) is 3.39. The summed E-state index contributed by atoms with van der Waals surface area (Å²) in [6, 6.07) is 6.64. The first-order valence-corrected chi connectivity index (χ1v) is 7.76. The van der Waals surface area contributed by atoms with Gasteiger partial charge in [-0.15, -0.1) is 0 Å². The Morgan fingerprint density at radius 3 is 2.53 bits per heavy atom. The van der Waals surface area contributed by atoms with Crippen LogP contribution in [0.3, 0.4) is 0 Å². The smallest absolute Gasteiger partial charge is 0.261 e. The number of benzene rings is 1. The summed E-state index contributed by atoms with van der Waals surface area (Å²) >= 11 is 8.66. The molecule has 0 fully saturated rings. The molecule has 17 heavy (non-hydrogen) atoms. The molecule has 0 bridgehead atoms. The molecular weight excluding hydrogens is 328 g/mol. The van der Waals surface area contributed by atoms with Gasteiger partial charge in [0.15, 0.2) is 9.84 Å². The summed E-state index contributed by atoms with van der Waals surface area (Å²) in [7, 11) is -3.73. The molecule has 3 nitrogen and oxygen atoms in total. The minimum absolute atomic E-state index is 0.209. The predicted octanol–water partition coefficient (Wildman–Crippen LogP) is 2.90. The third-order valence-corrected chi connectivity index (χ3v) is 6.76. The van der Waals surface area contributed by atoms with Gasteiger partial charge in [-0.1, -0.05) is 42.3 Å². The Kier molecular flexibility index (Phi) is 4.38. The molecule has 0 saturated carbocycles. The van der Waals surface area contributed by atoms with Crippen LogP contribution in [-0.2, 0) is 9.84 Å². The molecule has 0 heterocycles. The second-order valence-corrected chi connectivity index (χ2v) is 9.00. The van der Waals surface area contributed by atoms with E-state index < -0.39 is 18.7 Å². The van der Waals surface area contributed by atoms with Crippen LogP contribution in [0.1, 0.15) is 22.8 Å². The fourth-order valence-electron chi connectivity index (χ4n) is 1.28. The summed E-state index contributed by atoms with van der Waals surface area (Å²) in [5.41, 5.74) is 1.14. The molecule has 1 aromatic rings. The molecule has 0 spiro atoms. The third-order valence-electron chi connectivity index (χ3n) is 2.32. The minimum atomic E-state index is -3.73. The van der Waals surface area contributed by atoms with Crippen molar-refractivity contribution in [1.29, 1.82) is 0 Å². The summed E-state index contributed by atoms with van der Waals surface area (Å²) in [6.45, 7) is 3.26. The van der Waals surface area contributed by atoms with Crippen molar-refractivity contribution in [3.8, 4) is 0 Å². The van der Waals surface area contributed by atoms with Gasteiger partial charge in [0.2, 0.25) is 5.78 Å². The van der Waals surface area contributed by atoms with Crippen molar-refractivity contribution >= 4 is 43.2 Å². The lowest BCUT2D eigenvalue weighted by atomic mass is 10.1. The lowest BCUT2D eigenvalue weighted by Gasteiger charge is -2.18. The summed E-state index contributed by atoms with van der Waals surface area (Å²) in [5.74, 6) is -0.871. The number of halogens is 2. The van der Waals surface area contributed by atoms with Gasteiger partial charge in [-0.05, 0) is 28.9 Å². The number of carbonyl (C=O) groups is 1. The maximum atomic E-state index is 12.1. The van der Waals surface area contributed by atoms with Gasteiger partial charge in [-0.2, -0.15) is 0 Å². The topological polar surface area (TPSA) is 51.2 Å². The molecule has 0 amide bonds. The van der Waals surface area contributed by atoms with Gasteiger partial charge in [-0.3, -0.25) is 4.79 Å². The van der Waals surface area contributed by atoms with Gasteiger partial charge in [0, 0.05) is 5.56 Å². The number of rotatable bonds is 4. The average Bonchev–Trinajstić information content (AvgIpc) is 2.27. The highest BCUT2D eigenvalue weighted by Gasteiger charge is 2.45. The standard InChI is InChI=1S/C11H12BrClO3S/c1-3-17(15,16)11(12,13)10(14)9-6-4-5-8(2)7-9/h4-7H,3H2,1-2H3. The number of Topliss-reactive ketones (excluding diaryl/α,β-unsaturated/α-hetero) is 1. The number of aryl methyl sites for hydroxylation is 1. The van der Waals surface area contributed by atoms with Crippen molar-refractivity contribution in [3.05, 3.63) is 35.4 Å². The Bertz CT molecular complexity index is 537. The van der Waals surface area contributed by atoms with E-state index in [1.807, 2.05) is 13.0 Å². The fraction of sp³-hybridized carbons (Fsp3) is 0.364. The molecular formula is C11H12BrClO3S. The Hall–Kier alpha value is -0.390. The first-order valence-electron chi connectivity index (χ1n) is 4.94. The number of hydrogen-bond acceptors (Lipinski definition) is 3. The third kappa shape index (κ3) is 2.89. The minimum Gasteiger partial charge on any atom is -0.290 e. The van der Waals surface area contributed by atoms with Crippen LogP contribution < -0.4 is 0 Å².